The molecule has 100 valence electrons. The van der Waals surface area contributed by atoms with Crippen LogP contribution in [-0.4, -0.2) is 18.1 Å². The minimum atomic E-state index is 0.639. The molecule has 1 aromatic heterocycles. The van der Waals surface area contributed by atoms with Crippen molar-refractivity contribution in [2.75, 3.05) is 13.2 Å². The highest BCUT2D eigenvalue weighted by Crippen LogP contribution is 2.17. The smallest absolute Gasteiger partial charge is 0.142 e. The van der Waals surface area contributed by atoms with E-state index in [2.05, 4.69) is 30.7 Å². The lowest BCUT2D eigenvalue weighted by Crippen LogP contribution is -2.20. The van der Waals surface area contributed by atoms with Crippen molar-refractivity contribution in [2.24, 2.45) is 5.92 Å². The van der Waals surface area contributed by atoms with E-state index in [-0.39, 0.29) is 0 Å². The Balaban J connectivity index is 2.61. The first-order valence-corrected chi connectivity index (χ1v) is 6.54. The van der Waals surface area contributed by atoms with Crippen molar-refractivity contribution in [1.29, 1.82) is 0 Å². The Hall–Kier alpha value is -1.35. The van der Waals surface area contributed by atoms with Crippen LogP contribution in [0.4, 0.5) is 0 Å². The maximum Gasteiger partial charge on any atom is 0.142 e. The average molecular weight is 248 g/mol. The van der Waals surface area contributed by atoms with Gasteiger partial charge in [0, 0.05) is 12.2 Å². The molecule has 0 aromatic carbocycles. The Morgan fingerprint density at radius 3 is 2.89 bits per heavy atom. The van der Waals surface area contributed by atoms with E-state index in [1.54, 1.807) is 0 Å². The van der Waals surface area contributed by atoms with E-state index >= 15 is 0 Å². The van der Waals surface area contributed by atoms with Crippen LogP contribution in [0.25, 0.3) is 0 Å². The summed E-state index contributed by atoms with van der Waals surface area (Å²) in [6.45, 7) is 12.5. The molecule has 18 heavy (non-hydrogen) atoms. The average Bonchev–Trinajstić information content (AvgIpc) is 2.31. The van der Waals surface area contributed by atoms with Gasteiger partial charge in [0.15, 0.2) is 0 Å². The molecule has 0 unspecified atom stereocenters. The summed E-state index contributed by atoms with van der Waals surface area (Å²) in [6, 6.07) is 3.98. The van der Waals surface area contributed by atoms with Crippen LogP contribution >= 0.6 is 0 Å². The number of pyridine rings is 1. The Morgan fingerprint density at radius 1 is 1.44 bits per heavy atom. The highest BCUT2D eigenvalue weighted by atomic mass is 16.5. The van der Waals surface area contributed by atoms with Gasteiger partial charge in [-0.05, 0) is 37.9 Å². The minimum absolute atomic E-state index is 0.639. The molecule has 0 aliphatic carbocycles. The lowest BCUT2D eigenvalue weighted by atomic mass is 10.2. The van der Waals surface area contributed by atoms with E-state index in [9.17, 15) is 0 Å². The van der Waals surface area contributed by atoms with E-state index in [0.29, 0.717) is 12.5 Å². The van der Waals surface area contributed by atoms with E-state index in [4.69, 9.17) is 4.74 Å². The first-order valence-electron chi connectivity index (χ1n) is 6.54. The van der Waals surface area contributed by atoms with Crippen LogP contribution in [0.15, 0.2) is 24.8 Å². The number of nitrogens with one attached hydrogen (secondary N) is 1. The topological polar surface area (TPSA) is 34.1 Å². The van der Waals surface area contributed by atoms with Gasteiger partial charge in [-0.1, -0.05) is 19.9 Å². The molecule has 1 heterocycles. The Kier molecular flexibility index (Phi) is 6.44. The first kappa shape index (κ1) is 14.7. The van der Waals surface area contributed by atoms with Crippen molar-refractivity contribution in [3.63, 3.8) is 0 Å². The van der Waals surface area contributed by atoms with Gasteiger partial charge in [-0.15, -0.1) is 6.58 Å². The zero-order chi connectivity index (χ0) is 13.4. The number of aryl methyl sites for hydroxylation is 1. The molecule has 3 heteroatoms. The summed E-state index contributed by atoms with van der Waals surface area (Å²) < 4.78 is 5.72. The van der Waals surface area contributed by atoms with Gasteiger partial charge in [-0.2, -0.15) is 0 Å². The van der Waals surface area contributed by atoms with Gasteiger partial charge in [0.2, 0.25) is 0 Å². The lowest BCUT2D eigenvalue weighted by molar-refractivity contribution is 0.318. The molecule has 0 spiro atoms. The SMILES string of the molecule is C=CCCOc1ccc(C)nc1CNCC(C)C. The predicted octanol–water partition coefficient (Wildman–Crippen LogP) is 3.09. The number of rotatable bonds is 8. The Morgan fingerprint density at radius 2 is 2.22 bits per heavy atom. The van der Waals surface area contributed by atoms with Crippen LogP contribution in [0.2, 0.25) is 0 Å². The van der Waals surface area contributed by atoms with Crippen molar-refractivity contribution in [3.8, 4) is 5.75 Å². The van der Waals surface area contributed by atoms with Gasteiger partial charge >= 0.3 is 0 Å². The normalized spacial score (nSPS) is 10.7. The molecule has 0 aliphatic heterocycles. The van der Waals surface area contributed by atoms with E-state index in [1.165, 1.54) is 0 Å². The Labute approximate surface area is 110 Å². The van der Waals surface area contributed by atoms with Crippen molar-refractivity contribution in [2.45, 2.75) is 33.7 Å². The van der Waals surface area contributed by atoms with Crippen molar-refractivity contribution in [1.82, 2.24) is 10.3 Å². The molecule has 0 atom stereocenters. The maximum atomic E-state index is 5.72. The third kappa shape index (κ3) is 5.32. The monoisotopic (exact) mass is 248 g/mol. The van der Waals surface area contributed by atoms with E-state index < -0.39 is 0 Å². The summed E-state index contributed by atoms with van der Waals surface area (Å²) in [5, 5.41) is 3.40. The molecule has 1 rings (SSSR count). The van der Waals surface area contributed by atoms with Gasteiger partial charge in [-0.25, -0.2) is 0 Å². The maximum absolute atomic E-state index is 5.72. The number of aromatic nitrogens is 1. The zero-order valence-corrected chi connectivity index (χ0v) is 11.7. The largest absolute Gasteiger partial charge is 0.491 e. The quantitative estimate of drug-likeness (QED) is 0.567. The number of ether oxygens (including phenoxy) is 1. The van der Waals surface area contributed by atoms with Gasteiger partial charge < -0.3 is 10.1 Å². The lowest BCUT2D eigenvalue weighted by Gasteiger charge is -2.12. The molecular formula is C15H24N2O. The highest BCUT2D eigenvalue weighted by molar-refractivity contribution is 5.29. The molecule has 1 aromatic rings. The van der Waals surface area contributed by atoms with Crippen molar-refractivity contribution >= 4 is 0 Å². The number of hydrogen-bond donors (Lipinski definition) is 1. The molecule has 0 saturated carbocycles. The van der Waals surface area contributed by atoms with Gasteiger partial charge in [0.1, 0.15) is 5.75 Å². The summed E-state index contributed by atoms with van der Waals surface area (Å²) in [7, 11) is 0. The summed E-state index contributed by atoms with van der Waals surface area (Å²) in [4.78, 5) is 4.54. The van der Waals surface area contributed by atoms with Crippen LogP contribution in [-0.2, 0) is 6.54 Å². The second-order valence-electron chi connectivity index (χ2n) is 4.85. The fraction of sp³-hybridized carbons (Fsp3) is 0.533. The van der Waals surface area contributed by atoms with Crippen LogP contribution in [0, 0.1) is 12.8 Å². The van der Waals surface area contributed by atoms with Crippen molar-refractivity contribution in [3.05, 3.63) is 36.2 Å². The van der Waals surface area contributed by atoms with Crippen molar-refractivity contribution < 1.29 is 4.74 Å². The number of nitrogens with zero attached hydrogens (tertiary/aromatic N) is 1. The molecule has 0 amide bonds. The summed E-state index contributed by atoms with van der Waals surface area (Å²) in [5.74, 6) is 1.51. The molecular weight excluding hydrogens is 224 g/mol. The summed E-state index contributed by atoms with van der Waals surface area (Å²) in [6.07, 6.45) is 2.71. The minimum Gasteiger partial charge on any atom is -0.491 e. The fourth-order valence-corrected chi connectivity index (χ4v) is 1.59. The zero-order valence-electron chi connectivity index (χ0n) is 11.7. The van der Waals surface area contributed by atoms with Gasteiger partial charge in [0.05, 0.1) is 12.3 Å². The van der Waals surface area contributed by atoms with E-state index in [1.807, 2.05) is 25.1 Å². The highest BCUT2D eigenvalue weighted by Gasteiger charge is 2.06. The van der Waals surface area contributed by atoms with Gasteiger partial charge in [0.25, 0.3) is 0 Å². The molecule has 0 bridgehead atoms. The van der Waals surface area contributed by atoms with Crippen LogP contribution in [0.3, 0.4) is 0 Å². The molecule has 0 fully saturated rings. The standard InChI is InChI=1S/C15H24N2O/c1-5-6-9-18-15-8-7-13(4)17-14(15)11-16-10-12(2)3/h5,7-8,12,16H,1,6,9-11H2,2-4H3. The van der Waals surface area contributed by atoms with Gasteiger partial charge in [-0.3, -0.25) is 4.98 Å². The van der Waals surface area contributed by atoms with Crippen LogP contribution in [0.5, 0.6) is 5.75 Å². The fourth-order valence-electron chi connectivity index (χ4n) is 1.59. The summed E-state index contributed by atoms with van der Waals surface area (Å²) in [5.41, 5.74) is 2.01. The Bertz CT molecular complexity index is 375. The van der Waals surface area contributed by atoms with E-state index in [0.717, 1.165) is 36.6 Å². The molecule has 1 N–H and O–H groups in total. The number of hydrogen-bond acceptors (Lipinski definition) is 3. The molecule has 0 saturated heterocycles. The van der Waals surface area contributed by atoms with Crippen LogP contribution in [0.1, 0.15) is 31.7 Å². The molecule has 0 radical (unpaired) electrons. The molecule has 0 aliphatic rings. The summed E-state index contributed by atoms with van der Waals surface area (Å²) >= 11 is 0. The second-order valence-corrected chi connectivity index (χ2v) is 4.85. The third-order valence-electron chi connectivity index (χ3n) is 2.50. The second kappa shape index (κ2) is 7.88. The predicted molar refractivity (Wildman–Crippen MR) is 75.8 cm³/mol. The van der Waals surface area contributed by atoms with Crippen LogP contribution < -0.4 is 10.1 Å². The first-order chi connectivity index (χ1) is 8.63. The third-order valence-corrected chi connectivity index (χ3v) is 2.50. The molecule has 3 nitrogen and oxygen atoms in total.